The summed E-state index contributed by atoms with van der Waals surface area (Å²) in [6, 6.07) is 8.40. The predicted molar refractivity (Wildman–Crippen MR) is 79.9 cm³/mol. The Kier molecular flexibility index (Phi) is 4.75. The quantitative estimate of drug-likeness (QED) is 0.839. The van der Waals surface area contributed by atoms with Crippen LogP contribution in [-0.2, 0) is 11.2 Å². The number of ether oxygens (including phenoxy) is 1. The molecule has 1 aliphatic rings. The van der Waals surface area contributed by atoms with E-state index in [9.17, 15) is 4.79 Å². The third kappa shape index (κ3) is 3.66. The van der Waals surface area contributed by atoms with Crippen molar-refractivity contribution in [3.05, 3.63) is 29.8 Å². The second-order valence-electron chi connectivity index (χ2n) is 5.14. The molecule has 1 amide bonds. The molecule has 1 aliphatic heterocycles. The fourth-order valence-corrected chi connectivity index (χ4v) is 2.79. The summed E-state index contributed by atoms with van der Waals surface area (Å²) in [6.45, 7) is 2.90. The topological polar surface area (TPSA) is 29.5 Å². The van der Waals surface area contributed by atoms with Gasteiger partial charge in [0, 0.05) is 24.3 Å². The summed E-state index contributed by atoms with van der Waals surface area (Å²) in [5.41, 5.74) is 1.28. The highest BCUT2D eigenvalue weighted by Crippen LogP contribution is 2.21. The van der Waals surface area contributed by atoms with Crippen LogP contribution in [0.2, 0.25) is 0 Å². The SMILES string of the molecule is COc1ccc(CCC(C)N2CC(S)CC2=O)cc1. The number of likely N-dealkylation sites (tertiary alicyclic amines) is 1. The van der Waals surface area contributed by atoms with Crippen LogP contribution in [0.25, 0.3) is 0 Å². The first kappa shape index (κ1) is 14.3. The lowest BCUT2D eigenvalue weighted by atomic mass is 10.1. The molecule has 0 aromatic heterocycles. The standard InChI is InChI=1S/C15H21NO2S/c1-11(16-10-14(19)9-15(16)17)3-4-12-5-7-13(18-2)8-6-12/h5-8,11,14,19H,3-4,9-10H2,1-2H3. The molecular weight excluding hydrogens is 258 g/mol. The number of nitrogens with zero attached hydrogens (tertiary/aromatic N) is 1. The smallest absolute Gasteiger partial charge is 0.224 e. The van der Waals surface area contributed by atoms with Crippen molar-refractivity contribution in [1.82, 2.24) is 4.90 Å². The summed E-state index contributed by atoms with van der Waals surface area (Å²) >= 11 is 4.39. The van der Waals surface area contributed by atoms with E-state index in [1.54, 1.807) is 7.11 Å². The van der Waals surface area contributed by atoms with Gasteiger partial charge in [0.25, 0.3) is 0 Å². The highest BCUT2D eigenvalue weighted by Gasteiger charge is 2.30. The molecule has 2 atom stereocenters. The van der Waals surface area contributed by atoms with Crippen LogP contribution in [0, 0.1) is 0 Å². The van der Waals surface area contributed by atoms with E-state index in [0.29, 0.717) is 6.42 Å². The van der Waals surface area contributed by atoms with Gasteiger partial charge in [-0.15, -0.1) is 0 Å². The van der Waals surface area contributed by atoms with Crippen molar-refractivity contribution in [2.24, 2.45) is 0 Å². The maximum atomic E-state index is 11.8. The summed E-state index contributed by atoms with van der Waals surface area (Å²) in [5.74, 6) is 1.12. The lowest BCUT2D eigenvalue weighted by Gasteiger charge is -2.24. The van der Waals surface area contributed by atoms with Gasteiger partial charge in [-0.1, -0.05) is 12.1 Å². The molecule has 1 aromatic carbocycles. The maximum absolute atomic E-state index is 11.8. The molecule has 0 radical (unpaired) electrons. The minimum atomic E-state index is 0.205. The highest BCUT2D eigenvalue weighted by atomic mass is 32.1. The minimum absolute atomic E-state index is 0.205. The van der Waals surface area contributed by atoms with E-state index in [1.807, 2.05) is 17.0 Å². The van der Waals surface area contributed by atoms with Gasteiger partial charge < -0.3 is 9.64 Å². The molecule has 104 valence electrons. The van der Waals surface area contributed by atoms with Gasteiger partial charge in [0.1, 0.15) is 5.75 Å². The Hall–Kier alpha value is -1.16. The number of thiol groups is 1. The number of hydrogen-bond acceptors (Lipinski definition) is 3. The van der Waals surface area contributed by atoms with Crippen molar-refractivity contribution < 1.29 is 9.53 Å². The molecule has 0 bridgehead atoms. The Morgan fingerprint density at radius 2 is 2.11 bits per heavy atom. The second-order valence-corrected chi connectivity index (χ2v) is 5.87. The fraction of sp³-hybridized carbons (Fsp3) is 0.533. The minimum Gasteiger partial charge on any atom is -0.497 e. The third-order valence-corrected chi connectivity index (χ3v) is 4.03. The molecule has 4 heteroatoms. The molecule has 3 nitrogen and oxygen atoms in total. The van der Waals surface area contributed by atoms with Gasteiger partial charge in [-0.25, -0.2) is 0 Å². The molecule has 2 rings (SSSR count). The molecule has 19 heavy (non-hydrogen) atoms. The van der Waals surface area contributed by atoms with Crippen LogP contribution >= 0.6 is 12.6 Å². The Morgan fingerprint density at radius 1 is 1.42 bits per heavy atom. The van der Waals surface area contributed by atoms with Crippen LogP contribution in [0.1, 0.15) is 25.3 Å². The molecule has 2 unspecified atom stereocenters. The number of amides is 1. The normalized spacial score (nSPS) is 20.7. The van der Waals surface area contributed by atoms with Crippen LogP contribution in [0.4, 0.5) is 0 Å². The summed E-state index contributed by atoms with van der Waals surface area (Å²) < 4.78 is 5.14. The van der Waals surface area contributed by atoms with Gasteiger partial charge in [-0.2, -0.15) is 12.6 Å². The Labute approximate surface area is 120 Å². The average Bonchev–Trinajstić information content (AvgIpc) is 2.75. The highest BCUT2D eigenvalue weighted by molar-refractivity contribution is 7.81. The Balaban J connectivity index is 1.85. The largest absolute Gasteiger partial charge is 0.497 e. The van der Waals surface area contributed by atoms with Crippen molar-refractivity contribution in [3.8, 4) is 5.75 Å². The zero-order chi connectivity index (χ0) is 13.8. The zero-order valence-corrected chi connectivity index (χ0v) is 12.4. The van der Waals surface area contributed by atoms with Crippen molar-refractivity contribution in [2.75, 3.05) is 13.7 Å². The van der Waals surface area contributed by atoms with Crippen LogP contribution in [0.5, 0.6) is 5.75 Å². The first-order valence-corrected chi connectivity index (χ1v) is 7.22. The number of carbonyl (C=O) groups is 1. The van der Waals surface area contributed by atoms with E-state index in [1.165, 1.54) is 5.56 Å². The molecule has 0 spiro atoms. The van der Waals surface area contributed by atoms with E-state index < -0.39 is 0 Å². The molecule has 0 saturated carbocycles. The summed E-state index contributed by atoms with van der Waals surface area (Å²) in [4.78, 5) is 13.7. The monoisotopic (exact) mass is 279 g/mol. The van der Waals surface area contributed by atoms with Crippen molar-refractivity contribution in [1.29, 1.82) is 0 Å². The second kappa shape index (κ2) is 6.33. The molecule has 0 N–H and O–H groups in total. The number of methoxy groups -OCH3 is 1. The summed E-state index contributed by atoms with van der Waals surface area (Å²) in [7, 11) is 1.67. The van der Waals surface area contributed by atoms with Gasteiger partial charge in [0.2, 0.25) is 5.91 Å². The lowest BCUT2D eigenvalue weighted by molar-refractivity contribution is -0.129. The van der Waals surface area contributed by atoms with Gasteiger partial charge >= 0.3 is 0 Å². The molecular formula is C15H21NO2S. The van der Waals surface area contributed by atoms with Crippen LogP contribution < -0.4 is 4.74 Å². The molecule has 0 aliphatic carbocycles. The number of hydrogen-bond donors (Lipinski definition) is 1. The Morgan fingerprint density at radius 3 is 2.63 bits per heavy atom. The van der Waals surface area contributed by atoms with E-state index in [-0.39, 0.29) is 17.2 Å². The number of rotatable bonds is 5. The van der Waals surface area contributed by atoms with Gasteiger partial charge in [0.05, 0.1) is 7.11 Å². The van der Waals surface area contributed by atoms with Crippen molar-refractivity contribution in [3.63, 3.8) is 0 Å². The maximum Gasteiger partial charge on any atom is 0.224 e. The molecule has 1 heterocycles. The Bertz CT molecular complexity index is 432. The number of aryl methyl sites for hydroxylation is 1. The molecule has 1 fully saturated rings. The van der Waals surface area contributed by atoms with E-state index in [4.69, 9.17) is 4.74 Å². The van der Waals surface area contributed by atoms with Gasteiger partial charge in [-0.3, -0.25) is 4.79 Å². The molecule has 1 saturated heterocycles. The number of benzene rings is 1. The fourth-order valence-electron chi connectivity index (χ4n) is 2.46. The number of carbonyl (C=O) groups excluding carboxylic acids is 1. The summed E-state index contributed by atoms with van der Waals surface area (Å²) in [5, 5.41) is 0.205. The van der Waals surface area contributed by atoms with Crippen LogP contribution in [0.15, 0.2) is 24.3 Å². The van der Waals surface area contributed by atoms with Crippen molar-refractivity contribution in [2.45, 2.75) is 37.5 Å². The van der Waals surface area contributed by atoms with Gasteiger partial charge in [-0.05, 0) is 37.5 Å². The van der Waals surface area contributed by atoms with E-state index >= 15 is 0 Å². The van der Waals surface area contributed by atoms with Gasteiger partial charge in [0.15, 0.2) is 0 Å². The van der Waals surface area contributed by atoms with Crippen LogP contribution in [0.3, 0.4) is 0 Å². The predicted octanol–water partition coefficient (Wildman–Crippen LogP) is 2.55. The van der Waals surface area contributed by atoms with E-state index in [0.717, 1.165) is 25.1 Å². The molecule has 1 aromatic rings. The van der Waals surface area contributed by atoms with E-state index in [2.05, 4.69) is 31.7 Å². The first-order valence-electron chi connectivity index (χ1n) is 6.70. The van der Waals surface area contributed by atoms with Crippen LogP contribution in [-0.4, -0.2) is 35.8 Å². The zero-order valence-electron chi connectivity index (χ0n) is 11.5. The van der Waals surface area contributed by atoms with Crippen molar-refractivity contribution >= 4 is 18.5 Å². The summed E-state index contributed by atoms with van der Waals surface area (Å²) in [6.07, 6.45) is 2.54. The first-order chi connectivity index (χ1) is 9.10. The average molecular weight is 279 g/mol. The third-order valence-electron chi connectivity index (χ3n) is 3.68. The lowest BCUT2D eigenvalue weighted by Crippen LogP contribution is -2.34.